The third-order valence-corrected chi connectivity index (χ3v) is 4.15. The monoisotopic (exact) mass is 282 g/mol. The van der Waals surface area contributed by atoms with Gasteiger partial charge in [-0.25, -0.2) is 4.98 Å². The van der Waals surface area contributed by atoms with Gasteiger partial charge in [0.2, 0.25) is 0 Å². The van der Waals surface area contributed by atoms with Gasteiger partial charge in [0.25, 0.3) is 0 Å². The summed E-state index contributed by atoms with van der Waals surface area (Å²) in [4.78, 5) is 4.51. The molecular weight excluding hydrogens is 268 g/mol. The van der Waals surface area contributed by atoms with E-state index in [0.717, 1.165) is 42.5 Å². The van der Waals surface area contributed by atoms with E-state index in [9.17, 15) is 5.26 Å². The number of fused-ring (bicyclic) bond motifs is 1. The lowest BCUT2D eigenvalue weighted by Gasteiger charge is -2.14. The molecule has 0 radical (unpaired) electrons. The van der Waals surface area contributed by atoms with Gasteiger partial charge < -0.3 is 0 Å². The van der Waals surface area contributed by atoms with E-state index in [0.29, 0.717) is 10.7 Å². The number of aromatic nitrogens is 1. The maximum Gasteiger partial charge on any atom is 0.147 e. The standard InChI is InChI=1S/C17H15ClN2/c18-17-15(11-19)13-9-5-2-6-10-14(13)16(20-17)12-7-3-1-4-8-12/h1,3-4,7-8H,2,5-6,9-10H2. The minimum atomic E-state index is 0.340. The van der Waals surface area contributed by atoms with Crippen molar-refractivity contribution in [3.05, 3.63) is 52.2 Å². The average molecular weight is 283 g/mol. The molecule has 2 nitrogen and oxygen atoms in total. The highest BCUT2D eigenvalue weighted by Gasteiger charge is 2.20. The summed E-state index contributed by atoms with van der Waals surface area (Å²) < 4.78 is 0. The molecule has 0 bridgehead atoms. The molecule has 0 aliphatic heterocycles. The molecule has 0 fully saturated rings. The molecular formula is C17H15ClN2. The lowest BCUT2D eigenvalue weighted by atomic mass is 9.94. The van der Waals surface area contributed by atoms with Crippen LogP contribution >= 0.6 is 11.6 Å². The summed E-state index contributed by atoms with van der Waals surface area (Å²) in [5.41, 5.74) is 4.94. The smallest absolute Gasteiger partial charge is 0.147 e. The highest BCUT2D eigenvalue weighted by atomic mass is 35.5. The van der Waals surface area contributed by atoms with E-state index in [1.54, 1.807) is 0 Å². The summed E-state index contributed by atoms with van der Waals surface area (Å²) in [5, 5.41) is 9.69. The Bertz CT molecular complexity index is 672. The molecule has 1 aliphatic carbocycles. The van der Waals surface area contributed by atoms with E-state index in [1.807, 2.05) is 18.2 Å². The molecule has 0 unspecified atom stereocenters. The number of pyridine rings is 1. The van der Waals surface area contributed by atoms with Gasteiger partial charge in [0.15, 0.2) is 0 Å². The van der Waals surface area contributed by atoms with Crippen LogP contribution in [0.5, 0.6) is 0 Å². The summed E-state index contributed by atoms with van der Waals surface area (Å²) in [6.07, 6.45) is 5.39. The van der Waals surface area contributed by atoms with Crippen LogP contribution in [0, 0.1) is 11.3 Å². The van der Waals surface area contributed by atoms with Crippen LogP contribution in [0.15, 0.2) is 30.3 Å². The van der Waals surface area contributed by atoms with Gasteiger partial charge >= 0.3 is 0 Å². The predicted octanol–water partition coefficient (Wildman–Crippen LogP) is 4.54. The van der Waals surface area contributed by atoms with Crippen molar-refractivity contribution >= 4 is 11.6 Å². The minimum absolute atomic E-state index is 0.340. The van der Waals surface area contributed by atoms with Gasteiger partial charge in [-0.2, -0.15) is 5.26 Å². The van der Waals surface area contributed by atoms with Gasteiger partial charge in [0, 0.05) is 5.56 Å². The second-order valence-electron chi connectivity index (χ2n) is 5.12. The summed E-state index contributed by atoms with van der Waals surface area (Å²) >= 11 is 6.24. The molecule has 0 saturated heterocycles. The van der Waals surface area contributed by atoms with Crippen molar-refractivity contribution in [2.75, 3.05) is 0 Å². The van der Waals surface area contributed by atoms with Gasteiger partial charge in [-0.05, 0) is 36.8 Å². The zero-order valence-electron chi connectivity index (χ0n) is 11.2. The highest BCUT2D eigenvalue weighted by Crippen LogP contribution is 2.34. The first-order valence-corrected chi connectivity index (χ1v) is 7.36. The molecule has 20 heavy (non-hydrogen) atoms. The first kappa shape index (κ1) is 13.1. The maximum absolute atomic E-state index is 9.35. The topological polar surface area (TPSA) is 36.7 Å². The number of halogens is 1. The zero-order chi connectivity index (χ0) is 13.9. The van der Waals surface area contributed by atoms with E-state index < -0.39 is 0 Å². The van der Waals surface area contributed by atoms with Crippen molar-refractivity contribution in [1.82, 2.24) is 4.98 Å². The summed E-state index contributed by atoms with van der Waals surface area (Å²) in [6, 6.07) is 12.3. The van der Waals surface area contributed by atoms with E-state index in [-0.39, 0.29) is 0 Å². The molecule has 0 N–H and O–H groups in total. The van der Waals surface area contributed by atoms with Gasteiger partial charge in [-0.3, -0.25) is 0 Å². The molecule has 2 aromatic rings. The number of hydrogen-bond acceptors (Lipinski definition) is 2. The lowest BCUT2D eigenvalue weighted by Crippen LogP contribution is -2.03. The number of rotatable bonds is 1. The Morgan fingerprint density at radius 2 is 1.70 bits per heavy atom. The largest absolute Gasteiger partial charge is 0.234 e. The fourth-order valence-corrected chi connectivity index (χ4v) is 3.15. The van der Waals surface area contributed by atoms with Crippen molar-refractivity contribution in [2.45, 2.75) is 32.1 Å². The van der Waals surface area contributed by atoms with Crippen LogP contribution in [0.4, 0.5) is 0 Å². The van der Waals surface area contributed by atoms with E-state index in [4.69, 9.17) is 11.6 Å². The van der Waals surface area contributed by atoms with Gasteiger partial charge in [0.05, 0.1) is 11.3 Å². The Morgan fingerprint density at radius 1 is 1.00 bits per heavy atom. The van der Waals surface area contributed by atoms with Crippen molar-refractivity contribution in [3.8, 4) is 17.3 Å². The SMILES string of the molecule is N#Cc1c(Cl)nc(-c2ccccc2)c2c1CCCCC2. The molecule has 0 atom stereocenters. The normalized spacial score (nSPS) is 14.2. The number of nitrogens with zero attached hydrogens (tertiary/aromatic N) is 2. The molecule has 100 valence electrons. The van der Waals surface area contributed by atoms with Crippen molar-refractivity contribution in [3.63, 3.8) is 0 Å². The van der Waals surface area contributed by atoms with E-state index in [2.05, 4.69) is 23.2 Å². The quantitative estimate of drug-likeness (QED) is 0.569. The van der Waals surface area contributed by atoms with Crippen LogP contribution in [0.3, 0.4) is 0 Å². The highest BCUT2D eigenvalue weighted by molar-refractivity contribution is 6.30. The van der Waals surface area contributed by atoms with E-state index >= 15 is 0 Å². The van der Waals surface area contributed by atoms with Crippen molar-refractivity contribution in [1.29, 1.82) is 5.26 Å². The van der Waals surface area contributed by atoms with Crippen LogP contribution < -0.4 is 0 Å². The molecule has 1 heterocycles. The second kappa shape index (κ2) is 5.64. The molecule has 0 spiro atoms. The molecule has 3 rings (SSSR count). The second-order valence-corrected chi connectivity index (χ2v) is 5.48. The fraction of sp³-hybridized carbons (Fsp3) is 0.294. The number of nitriles is 1. The first-order valence-electron chi connectivity index (χ1n) is 6.98. The lowest BCUT2D eigenvalue weighted by molar-refractivity contribution is 0.711. The summed E-state index contributed by atoms with van der Waals surface area (Å²) in [6.45, 7) is 0. The Hall–Kier alpha value is -1.85. The van der Waals surface area contributed by atoms with Gasteiger partial charge in [-0.1, -0.05) is 48.4 Å². The average Bonchev–Trinajstić information content (AvgIpc) is 2.73. The third kappa shape index (κ3) is 2.30. The number of hydrogen-bond donors (Lipinski definition) is 0. The first-order chi connectivity index (χ1) is 9.81. The van der Waals surface area contributed by atoms with Crippen LogP contribution in [-0.4, -0.2) is 4.98 Å². The Morgan fingerprint density at radius 3 is 2.40 bits per heavy atom. The van der Waals surface area contributed by atoms with Crippen LogP contribution in [0.1, 0.15) is 36.0 Å². The Labute approximate surface area is 124 Å². The van der Waals surface area contributed by atoms with Gasteiger partial charge in [-0.15, -0.1) is 0 Å². The summed E-state index contributed by atoms with van der Waals surface area (Å²) in [7, 11) is 0. The maximum atomic E-state index is 9.35. The molecule has 1 aromatic carbocycles. The molecule has 1 aliphatic rings. The van der Waals surface area contributed by atoms with Crippen molar-refractivity contribution in [2.24, 2.45) is 0 Å². The molecule has 1 aromatic heterocycles. The van der Waals surface area contributed by atoms with Crippen LogP contribution in [-0.2, 0) is 12.8 Å². The Balaban J connectivity index is 2.26. The molecule has 0 amide bonds. The number of benzene rings is 1. The fourth-order valence-electron chi connectivity index (χ4n) is 2.91. The summed E-state index contributed by atoms with van der Waals surface area (Å²) in [5.74, 6) is 0. The zero-order valence-corrected chi connectivity index (χ0v) is 12.0. The Kier molecular flexibility index (Phi) is 3.71. The molecule has 0 saturated carbocycles. The van der Waals surface area contributed by atoms with Crippen molar-refractivity contribution < 1.29 is 0 Å². The van der Waals surface area contributed by atoms with Gasteiger partial charge in [0.1, 0.15) is 11.2 Å². The van der Waals surface area contributed by atoms with Crippen LogP contribution in [0.2, 0.25) is 5.15 Å². The third-order valence-electron chi connectivity index (χ3n) is 3.88. The molecule has 3 heteroatoms. The predicted molar refractivity (Wildman–Crippen MR) is 80.7 cm³/mol. The van der Waals surface area contributed by atoms with E-state index in [1.165, 1.54) is 12.0 Å². The minimum Gasteiger partial charge on any atom is -0.234 e. The van der Waals surface area contributed by atoms with Crippen LogP contribution in [0.25, 0.3) is 11.3 Å².